The number of carbonyl (C=O) groups excluding carboxylic acids is 2. The van der Waals surface area contributed by atoms with E-state index in [0.29, 0.717) is 0 Å². The first-order valence-electron chi connectivity index (χ1n) is 11.6. The van der Waals surface area contributed by atoms with Crippen LogP contribution in [0, 0.1) is 0 Å². The molecule has 34 heavy (non-hydrogen) atoms. The molecule has 5 rings (SSSR count). The molecular weight excluding hydrogens is 444 g/mol. The Balaban J connectivity index is 1.11. The van der Waals surface area contributed by atoms with Crippen LogP contribution in [-0.2, 0) is 16.1 Å². The molecule has 1 fully saturated rings. The highest BCUT2D eigenvalue weighted by molar-refractivity contribution is 8.01. The van der Waals surface area contributed by atoms with Gasteiger partial charge in [-0.3, -0.25) is 14.5 Å². The molecule has 0 saturated carbocycles. The summed E-state index contributed by atoms with van der Waals surface area (Å²) >= 11 is 1.44. The Morgan fingerprint density at radius 2 is 1.62 bits per heavy atom. The second-order valence-electron chi connectivity index (χ2n) is 8.64. The van der Waals surface area contributed by atoms with E-state index < -0.39 is 5.25 Å². The van der Waals surface area contributed by atoms with Crippen LogP contribution in [0.1, 0.15) is 12.0 Å². The molecule has 2 amide bonds. The van der Waals surface area contributed by atoms with Gasteiger partial charge in [0.25, 0.3) is 0 Å². The third-order valence-electron chi connectivity index (χ3n) is 6.21. The summed E-state index contributed by atoms with van der Waals surface area (Å²) in [7, 11) is 0. The lowest BCUT2D eigenvalue weighted by Gasteiger charge is -2.36. The van der Waals surface area contributed by atoms with Crippen LogP contribution in [0.3, 0.4) is 0 Å². The molecule has 0 bridgehead atoms. The molecule has 2 heterocycles. The Bertz CT molecular complexity index is 1140. The first kappa shape index (κ1) is 22.5. The third-order valence-corrected chi connectivity index (χ3v) is 7.49. The SMILES string of the molecule is O=C(C[C@H]1Sc2ccccc2NC1=O)Nc1ccc(N2CCN(Cc3ccccc3)CC2)cc1. The second-order valence-corrected chi connectivity index (χ2v) is 9.88. The second kappa shape index (κ2) is 10.3. The van der Waals surface area contributed by atoms with Gasteiger partial charge >= 0.3 is 0 Å². The quantitative estimate of drug-likeness (QED) is 0.555. The minimum atomic E-state index is -0.429. The topological polar surface area (TPSA) is 64.7 Å². The number of piperazine rings is 1. The number of amides is 2. The summed E-state index contributed by atoms with van der Waals surface area (Å²) in [5.41, 5.74) is 4.07. The van der Waals surface area contributed by atoms with Crippen molar-refractivity contribution in [2.75, 3.05) is 41.7 Å². The zero-order chi connectivity index (χ0) is 23.3. The largest absolute Gasteiger partial charge is 0.369 e. The van der Waals surface area contributed by atoms with Crippen LogP contribution in [0.2, 0.25) is 0 Å². The van der Waals surface area contributed by atoms with E-state index in [9.17, 15) is 9.59 Å². The minimum absolute atomic E-state index is 0.124. The standard InChI is InChI=1S/C27H28N4O2S/c32-26(18-25-27(33)29-23-8-4-5-9-24(23)34-25)28-21-10-12-22(13-11-21)31-16-14-30(15-17-31)19-20-6-2-1-3-7-20/h1-13,25H,14-19H2,(H,28,32)(H,29,33)/t25-/m1/s1. The van der Waals surface area contributed by atoms with Crippen molar-refractivity contribution in [1.29, 1.82) is 0 Å². The van der Waals surface area contributed by atoms with Crippen molar-refractivity contribution in [3.05, 3.63) is 84.4 Å². The summed E-state index contributed by atoms with van der Waals surface area (Å²) in [5.74, 6) is -0.282. The van der Waals surface area contributed by atoms with Crippen molar-refractivity contribution in [3.63, 3.8) is 0 Å². The maximum Gasteiger partial charge on any atom is 0.238 e. The summed E-state index contributed by atoms with van der Waals surface area (Å²) in [6.45, 7) is 5.00. The first-order chi connectivity index (χ1) is 16.6. The number of hydrogen-bond donors (Lipinski definition) is 2. The Morgan fingerprint density at radius 3 is 2.38 bits per heavy atom. The number of hydrogen-bond acceptors (Lipinski definition) is 5. The molecule has 0 aliphatic carbocycles. The predicted molar refractivity (Wildman–Crippen MR) is 138 cm³/mol. The number of nitrogens with zero attached hydrogens (tertiary/aromatic N) is 2. The van der Waals surface area contributed by atoms with Crippen LogP contribution in [-0.4, -0.2) is 48.1 Å². The van der Waals surface area contributed by atoms with Crippen molar-refractivity contribution in [3.8, 4) is 0 Å². The molecule has 3 aromatic rings. The van der Waals surface area contributed by atoms with Crippen LogP contribution >= 0.6 is 11.8 Å². The molecule has 3 aromatic carbocycles. The Hall–Kier alpha value is -3.29. The summed E-state index contributed by atoms with van der Waals surface area (Å²) < 4.78 is 0. The van der Waals surface area contributed by atoms with Gasteiger partial charge in [-0.15, -0.1) is 11.8 Å². The van der Waals surface area contributed by atoms with E-state index in [0.717, 1.165) is 54.7 Å². The van der Waals surface area contributed by atoms with Crippen molar-refractivity contribution < 1.29 is 9.59 Å². The fourth-order valence-electron chi connectivity index (χ4n) is 4.37. The van der Waals surface area contributed by atoms with E-state index in [4.69, 9.17) is 0 Å². The molecule has 6 nitrogen and oxygen atoms in total. The van der Waals surface area contributed by atoms with Crippen molar-refractivity contribution >= 4 is 40.6 Å². The lowest BCUT2D eigenvalue weighted by Crippen LogP contribution is -2.45. The normalized spacial score (nSPS) is 18.2. The van der Waals surface area contributed by atoms with Crippen LogP contribution in [0.15, 0.2) is 83.8 Å². The zero-order valence-electron chi connectivity index (χ0n) is 18.9. The molecule has 0 unspecified atom stereocenters. The molecule has 2 N–H and O–H groups in total. The van der Waals surface area contributed by atoms with Crippen molar-refractivity contribution in [1.82, 2.24) is 4.90 Å². The maximum atomic E-state index is 12.6. The van der Waals surface area contributed by atoms with E-state index in [2.05, 4.69) is 62.9 Å². The molecular formula is C27H28N4O2S. The lowest BCUT2D eigenvalue weighted by atomic mass is 10.2. The summed E-state index contributed by atoms with van der Waals surface area (Å²) in [4.78, 5) is 30.8. The van der Waals surface area contributed by atoms with Crippen LogP contribution < -0.4 is 15.5 Å². The van der Waals surface area contributed by atoms with Gasteiger partial charge < -0.3 is 15.5 Å². The average molecular weight is 473 g/mol. The van der Waals surface area contributed by atoms with E-state index >= 15 is 0 Å². The summed E-state index contributed by atoms with van der Waals surface area (Å²) in [6.07, 6.45) is 0.135. The van der Waals surface area contributed by atoms with Gasteiger partial charge in [0.1, 0.15) is 0 Å². The van der Waals surface area contributed by atoms with Gasteiger partial charge in [0.15, 0.2) is 0 Å². The highest BCUT2D eigenvalue weighted by Crippen LogP contribution is 2.36. The molecule has 1 saturated heterocycles. The van der Waals surface area contributed by atoms with Crippen LogP contribution in [0.4, 0.5) is 17.1 Å². The van der Waals surface area contributed by atoms with Crippen LogP contribution in [0.5, 0.6) is 0 Å². The molecule has 0 radical (unpaired) electrons. The number of fused-ring (bicyclic) bond motifs is 1. The highest BCUT2D eigenvalue weighted by Gasteiger charge is 2.28. The monoisotopic (exact) mass is 472 g/mol. The molecule has 2 aliphatic rings. The van der Waals surface area contributed by atoms with Gasteiger partial charge in [0.2, 0.25) is 11.8 Å². The number of rotatable bonds is 6. The van der Waals surface area contributed by atoms with Gasteiger partial charge in [0, 0.05) is 55.4 Å². The molecule has 174 valence electrons. The zero-order valence-corrected chi connectivity index (χ0v) is 19.8. The minimum Gasteiger partial charge on any atom is -0.369 e. The number of carbonyl (C=O) groups is 2. The van der Waals surface area contributed by atoms with Gasteiger partial charge in [-0.2, -0.15) is 0 Å². The van der Waals surface area contributed by atoms with Crippen molar-refractivity contribution in [2.45, 2.75) is 23.1 Å². The summed E-state index contributed by atoms with van der Waals surface area (Å²) in [6, 6.07) is 26.2. The van der Waals surface area contributed by atoms with Gasteiger partial charge in [0.05, 0.1) is 10.9 Å². The number of thioether (sulfide) groups is 1. The fourth-order valence-corrected chi connectivity index (χ4v) is 5.48. The van der Waals surface area contributed by atoms with Crippen molar-refractivity contribution in [2.24, 2.45) is 0 Å². The van der Waals surface area contributed by atoms with E-state index in [1.165, 1.54) is 17.3 Å². The lowest BCUT2D eigenvalue weighted by molar-refractivity contribution is -0.120. The summed E-state index contributed by atoms with van der Waals surface area (Å²) in [5, 5.41) is 5.40. The first-order valence-corrected chi connectivity index (χ1v) is 12.5. The molecule has 2 aliphatic heterocycles. The van der Waals surface area contributed by atoms with E-state index in [1.807, 2.05) is 36.4 Å². The molecule has 7 heteroatoms. The number of anilines is 3. The van der Waals surface area contributed by atoms with Gasteiger partial charge in [-0.25, -0.2) is 0 Å². The molecule has 0 spiro atoms. The smallest absolute Gasteiger partial charge is 0.238 e. The number of nitrogens with one attached hydrogen (secondary N) is 2. The Morgan fingerprint density at radius 1 is 0.912 bits per heavy atom. The van der Waals surface area contributed by atoms with E-state index in [-0.39, 0.29) is 18.2 Å². The Labute approximate surface area is 204 Å². The van der Waals surface area contributed by atoms with E-state index in [1.54, 1.807) is 0 Å². The number of benzene rings is 3. The number of para-hydroxylation sites is 1. The average Bonchev–Trinajstić information content (AvgIpc) is 2.86. The maximum absolute atomic E-state index is 12.6. The molecule has 0 aromatic heterocycles. The van der Waals surface area contributed by atoms with Crippen LogP contribution in [0.25, 0.3) is 0 Å². The molecule has 1 atom stereocenters. The fraction of sp³-hybridized carbons (Fsp3) is 0.259. The third kappa shape index (κ3) is 5.43. The highest BCUT2D eigenvalue weighted by atomic mass is 32.2. The van der Waals surface area contributed by atoms with Gasteiger partial charge in [-0.1, -0.05) is 42.5 Å². The van der Waals surface area contributed by atoms with Gasteiger partial charge in [-0.05, 0) is 42.0 Å². The Kier molecular flexibility index (Phi) is 6.83. The predicted octanol–water partition coefficient (Wildman–Crippen LogP) is 4.45.